The van der Waals surface area contributed by atoms with Crippen molar-refractivity contribution in [3.63, 3.8) is 0 Å². The Labute approximate surface area is 115 Å². The van der Waals surface area contributed by atoms with E-state index in [1.807, 2.05) is 19.1 Å². The van der Waals surface area contributed by atoms with Crippen LogP contribution in [0.25, 0.3) is 0 Å². The van der Waals surface area contributed by atoms with E-state index in [1.165, 1.54) is 12.7 Å². The van der Waals surface area contributed by atoms with Crippen LogP contribution >= 0.6 is 0 Å². The predicted octanol–water partition coefficient (Wildman–Crippen LogP) is 2.17. The Morgan fingerprint density at radius 1 is 1.21 bits per heavy atom. The topological polar surface area (TPSA) is 47.6 Å². The molecule has 0 aliphatic rings. The van der Waals surface area contributed by atoms with Gasteiger partial charge in [0.15, 0.2) is 0 Å². The number of nitrogens with one attached hydrogen (secondary N) is 1. The van der Waals surface area contributed by atoms with Crippen molar-refractivity contribution in [1.82, 2.24) is 5.32 Å². The van der Waals surface area contributed by atoms with Gasteiger partial charge in [-0.3, -0.25) is 4.79 Å². The van der Waals surface area contributed by atoms with Gasteiger partial charge in [-0.25, -0.2) is 0 Å². The van der Waals surface area contributed by atoms with Crippen molar-refractivity contribution in [1.29, 1.82) is 0 Å². The molecule has 1 aromatic carbocycles. The molecular formula is C15H23NO3. The SMILES string of the molecule is COC(=O)[C@H](C)NC(C)CCc1ccc(OC)cc1. The summed E-state index contributed by atoms with van der Waals surface area (Å²) in [6, 6.07) is 8.05. The van der Waals surface area contributed by atoms with E-state index < -0.39 is 0 Å². The highest BCUT2D eigenvalue weighted by Crippen LogP contribution is 2.13. The van der Waals surface area contributed by atoms with E-state index in [2.05, 4.69) is 29.1 Å². The molecule has 4 heteroatoms. The molecule has 1 unspecified atom stereocenters. The van der Waals surface area contributed by atoms with Gasteiger partial charge < -0.3 is 14.8 Å². The Hall–Kier alpha value is -1.55. The Morgan fingerprint density at radius 2 is 1.84 bits per heavy atom. The van der Waals surface area contributed by atoms with E-state index in [0.29, 0.717) is 0 Å². The minimum atomic E-state index is -0.268. The molecule has 0 aromatic heterocycles. The molecule has 1 aromatic rings. The molecule has 0 saturated carbocycles. The fourth-order valence-corrected chi connectivity index (χ4v) is 1.93. The molecule has 106 valence electrons. The Balaban J connectivity index is 2.36. The van der Waals surface area contributed by atoms with Crippen LogP contribution in [0.4, 0.5) is 0 Å². The first kappa shape index (κ1) is 15.5. The molecule has 19 heavy (non-hydrogen) atoms. The molecule has 0 saturated heterocycles. The molecule has 0 aliphatic carbocycles. The highest BCUT2D eigenvalue weighted by Gasteiger charge is 2.15. The zero-order valence-electron chi connectivity index (χ0n) is 12.1. The van der Waals surface area contributed by atoms with Crippen LogP contribution in [0.3, 0.4) is 0 Å². The van der Waals surface area contributed by atoms with E-state index in [9.17, 15) is 4.79 Å². The number of carbonyl (C=O) groups excluding carboxylic acids is 1. The van der Waals surface area contributed by atoms with Gasteiger partial charge in [0, 0.05) is 6.04 Å². The number of carbonyl (C=O) groups is 1. The van der Waals surface area contributed by atoms with Crippen molar-refractivity contribution in [3.05, 3.63) is 29.8 Å². The molecule has 0 bridgehead atoms. The van der Waals surface area contributed by atoms with Crippen molar-refractivity contribution < 1.29 is 14.3 Å². The number of hydrogen-bond donors (Lipinski definition) is 1. The predicted molar refractivity (Wildman–Crippen MR) is 75.4 cm³/mol. The maximum atomic E-state index is 11.3. The standard InChI is InChI=1S/C15H23NO3/c1-11(16-12(2)15(17)19-4)5-6-13-7-9-14(18-3)10-8-13/h7-12,16H,5-6H2,1-4H3/t11?,12-/m0/s1. The van der Waals surface area contributed by atoms with Crippen LogP contribution in [0.1, 0.15) is 25.8 Å². The Kier molecular flexibility index (Phi) is 6.36. The van der Waals surface area contributed by atoms with Gasteiger partial charge in [-0.2, -0.15) is 0 Å². The lowest BCUT2D eigenvalue weighted by molar-refractivity contribution is -0.142. The van der Waals surface area contributed by atoms with E-state index in [4.69, 9.17) is 4.74 Å². The summed E-state index contributed by atoms with van der Waals surface area (Å²) in [5.74, 6) is 0.644. The van der Waals surface area contributed by atoms with E-state index >= 15 is 0 Å². The lowest BCUT2D eigenvalue weighted by Crippen LogP contribution is -2.40. The normalized spacial score (nSPS) is 13.7. The summed E-state index contributed by atoms with van der Waals surface area (Å²) < 4.78 is 9.81. The molecule has 0 aliphatic heterocycles. The van der Waals surface area contributed by atoms with Gasteiger partial charge >= 0.3 is 5.97 Å². The van der Waals surface area contributed by atoms with Gasteiger partial charge in [-0.05, 0) is 44.4 Å². The second kappa shape index (κ2) is 7.79. The molecular weight excluding hydrogens is 242 g/mol. The minimum absolute atomic E-state index is 0.226. The van der Waals surface area contributed by atoms with E-state index in [0.717, 1.165) is 18.6 Å². The van der Waals surface area contributed by atoms with Gasteiger partial charge in [0.2, 0.25) is 0 Å². The quantitative estimate of drug-likeness (QED) is 0.768. The number of aryl methyl sites for hydroxylation is 1. The molecule has 0 spiro atoms. The zero-order chi connectivity index (χ0) is 14.3. The highest BCUT2D eigenvalue weighted by atomic mass is 16.5. The van der Waals surface area contributed by atoms with Crippen LogP contribution in [0.15, 0.2) is 24.3 Å². The number of methoxy groups -OCH3 is 2. The number of ether oxygens (including phenoxy) is 2. The van der Waals surface area contributed by atoms with Gasteiger partial charge in [-0.15, -0.1) is 0 Å². The van der Waals surface area contributed by atoms with Gasteiger partial charge in [0.25, 0.3) is 0 Å². The summed E-state index contributed by atoms with van der Waals surface area (Å²) >= 11 is 0. The first-order valence-corrected chi connectivity index (χ1v) is 6.53. The van der Waals surface area contributed by atoms with Crippen molar-refractivity contribution in [3.8, 4) is 5.75 Å². The average Bonchev–Trinajstić information content (AvgIpc) is 2.44. The third kappa shape index (κ3) is 5.30. The van der Waals surface area contributed by atoms with Crippen LogP contribution < -0.4 is 10.1 Å². The summed E-state index contributed by atoms with van der Waals surface area (Å²) in [7, 11) is 3.07. The largest absolute Gasteiger partial charge is 0.497 e. The molecule has 1 rings (SSSR count). The summed E-state index contributed by atoms with van der Waals surface area (Å²) in [4.78, 5) is 11.3. The van der Waals surface area contributed by atoms with Crippen molar-refractivity contribution >= 4 is 5.97 Å². The van der Waals surface area contributed by atoms with E-state index in [1.54, 1.807) is 7.11 Å². The Morgan fingerprint density at radius 3 is 2.37 bits per heavy atom. The molecule has 2 atom stereocenters. The second-order valence-electron chi connectivity index (χ2n) is 4.70. The minimum Gasteiger partial charge on any atom is -0.497 e. The third-order valence-corrected chi connectivity index (χ3v) is 3.11. The molecule has 1 N–H and O–H groups in total. The maximum absolute atomic E-state index is 11.3. The first-order chi connectivity index (χ1) is 9.06. The lowest BCUT2D eigenvalue weighted by Gasteiger charge is -2.18. The average molecular weight is 265 g/mol. The Bertz CT molecular complexity index is 389. The molecule has 0 radical (unpaired) electrons. The summed E-state index contributed by atoms with van der Waals surface area (Å²) in [5, 5.41) is 3.22. The van der Waals surface area contributed by atoms with Crippen LogP contribution in [-0.2, 0) is 16.0 Å². The van der Waals surface area contributed by atoms with Crippen molar-refractivity contribution in [2.45, 2.75) is 38.8 Å². The molecule has 0 amide bonds. The van der Waals surface area contributed by atoms with Crippen molar-refractivity contribution in [2.24, 2.45) is 0 Å². The van der Waals surface area contributed by atoms with Crippen LogP contribution in [0, 0.1) is 0 Å². The lowest BCUT2D eigenvalue weighted by atomic mass is 10.1. The molecule has 0 heterocycles. The third-order valence-electron chi connectivity index (χ3n) is 3.11. The summed E-state index contributed by atoms with van der Waals surface area (Å²) in [6.07, 6.45) is 1.93. The monoisotopic (exact) mass is 265 g/mol. The van der Waals surface area contributed by atoms with Gasteiger partial charge in [-0.1, -0.05) is 12.1 Å². The van der Waals surface area contributed by atoms with E-state index in [-0.39, 0.29) is 18.1 Å². The van der Waals surface area contributed by atoms with Crippen LogP contribution in [-0.4, -0.2) is 32.3 Å². The van der Waals surface area contributed by atoms with Gasteiger partial charge in [0.05, 0.1) is 14.2 Å². The smallest absolute Gasteiger partial charge is 0.322 e. The van der Waals surface area contributed by atoms with Crippen LogP contribution in [0.2, 0.25) is 0 Å². The second-order valence-corrected chi connectivity index (χ2v) is 4.70. The number of rotatable bonds is 7. The number of esters is 1. The zero-order valence-corrected chi connectivity index (χ0v) is 12.1. The highest BCUT2D eigenvalue weighted by molar-refractivity contribution is 5.75. The molecule has 0 fully saturated rings. The van der Waals surface area contributed by atoms with Crippen LogP contribution in [0.5, 0.6) is 5.75 Å². The maximum Gasteiger partial charge on any atom is 0.322 e. The number of benzene rings is 1. The molecule has 4 nitrogen and oxygen atoms in total. The fraction of sp³-hybridized carbons (Fsp3) is 0.533. The fourth-order valence-electron chi connectivity index (χ4n) is 1.93. The first-order valence-electron chi connectivity index (χ1n) is 6.53. The van der Waals surface area contributed by atoms with Gasteiger partial charge in [0.1, 0.15) is 11.8 Å². The summed E-state index contributed by atoms with van der Waals surface area (Å²) in [6.45, 7) is 3.89. The number of hydrogen-bond acceptors (Lipinski definition) is 4. The van der Waals surface area contributed by atoms with Crippen molar-refractivity contribution in [2.75, 3.05) is 14.2 Å². The summed E-state index contributed by atoms with van der Waals surface area (Å²) in [5.41, 5.74) is 1.26.